The van der Waals surface area contributed by atoms with Crippen LogP contribution in [0.5, 0.6) is 0 Å². The van der Waals surface area contributed by atoms with Crippen LogP contribution in [0.1, 0.15) is 18.3 Å². The normalized spacial score (nSPS) is 12.1. The lowest BCUT2D eigenvalue weighted by molar-refractivity contribution is 0.592. The Morgan fingerprint density at radius 2 is 1.20 bits per heavy atom. The molecule has 2 heterocycles. The second-order valence-electron chi connectivity index (χ2n) is 10.3. The number of nitrogens with zero attached hydrogens (tertiary/aromatic N) is 2. The second-order valence-corrected chi connectivity index (χ2v) is 13.1. The molecule has 0 bridgehead atoms. The largest absolute Gasteiger partial charge is 0.309 e. The Labute approximate surface area is 239 Å². The minimum Gasteiger partial charge on any atom is -0.309 e. The summed E-state index contributed by atoms with van der Waals surface area (Å²) in [6.45, 7) is 4.16. The molecule has 0 N–H and O–H groups in total. The summed E-state index contributed by atoms with van der Waals surface area (Å²) >= 11 is 0. The molecule has 41 heavy (non-hydrogen) atoms. The topological polar surface area (TPSA) is 34.4 Å². The fraction of sp³-hybridized carbons (Fsp3) is 0.0541. The maximum atomic E-state index is 14.8. The maximum absolute atomic E-state index is 14.8. The van der Waals surface area contributed by atoms with Crippen LogP contribution in [-0.2, 0) is 4.57 Å². The van der Waals surface area contributed by atoms with Crippen molar-refractivity contribution in [3.05, 3.63) is 145 Å². The number of hydrogen-bond acceptors (Lipinski definition) is 2. The summed E-state index contributed by atoms with van der Waals surface area (Å²) in [5.74, 6) is 0. The minimum atomic E-state index is -3.01. The van der Waals surface area contributed by atoms with E-state index in [-0.39, 0.29) is 0 Å². The summed E-state index contributed by atoms with van der Waals surface area (Å²) in [5.41, 5.74) is 6.44. The van der Waals surface area contributed by atoms with Gasteiger partial charge in [-0.1, -0.05) is 121 Å². The van der Waals surface area contributed by atoms with Crippen LogP contribution in [-0.4, -0.2) is 9.38 Å². The van der Waals surface area contributed by atoms with E-state index in [0.29, 0.717) is 0 Å². The summed E-state index contributed by atoms with van der Waals surface area (Å²) in [6.07, 6.45) is 4.11. The highest BCUT2D eigenvalue weighted by molar-refractivity contribution is 7.85. The number of pyridine rings is 1. The fourth-order valence-electron chi connectivity index (χ4n) is 5.94. The van der Waals surface area contributed by atoms with E-state index < -0.39 is 7.14 Å². The Hall–Kier alpha value is -4.72. The highest BCUT2D eigenvalue weighted by atomic mass is 31.2. The number of aromatic nitrogens is 2. The van der Waals surface area contributed by atoms with Crippen LogP contribution in [0.15, 0.2) is 133 Å². The number of imidazole rings is 1. The van der Waals surface area contributed by atoms with Crippen LogP contribution in [0.2, 0.25) is 0 Å². The van der Waals surface area contributed by atoms with Crippen molar-refractivity contribution in [3.8, 4) is 11.1 Å². The molecule has 0 unspecified atom stereocenters. The minimum absolute atomic E-state index is 0.831. The van der Waals surface area contributed by atoms with Crippen LogP contribution in [0.25, 0.3) is 44.5 Å². The molecule has 0 radical (unpaired) electrons. The molecule has 5 aromatic carbocycles. The van der Waals surface area contributed by atoms with Gasteiger partial charge in [0.25, 0.3) is 0 Å². The summed E-state index contributed by atoms with van der Waals surface area (Å²) in [6, 6.07) is 43.0. The Morgan fingerprint density at radius 1 is 0.634 bits per heavy atom. The van der Waals surface area contributed by atoms with Crippen molar-refractivity contribution in [3.63, 3.8) is 0 Å². The molecule has 0 saturated heterocycles. The molecule has 0 aliphatic rings. The monoisotopic (exact) mass is 548 g/mol. The first-order valence-corrected chi connectivity index (χ1v) is 15.6. The zero-order chi connectivity index (χ0) is 28.0. The van der Waals surface area contributed by atoms with Crippen LogP contribution < -0.4 is 15.9 Å². The summed E-state index contributed by atoms with van der Waals surface area (Å²) < 4.78 is 17.1. The molecule has 0 amide bonds. The van der Waals surface area contributed by atoms with Gasteiger partial charge in [0.2, 0.25) is 0 Å². The highest BCUT2D eigenvalue weighted by Crippen LogP contribution is 2.42. The lowest BCUT2D eigenvalue weighted by Crippen LogP contribution is -2.24. The molecule has 4 heteroatoms. The van der Waals surface area contributed by atoms with E-state index in [2.05, 4.69) is 72.0 Å². The van der Waals surface area contributed by atoms with Crippen molar-refractivity contribution in [2.45, 2.75) is 13.8 Å². The number of rotatable bonds is 5. The molecule has 0 atom stereocenters. The van der Waals surface area contributed by atoms with E-state index in [9.17, 15) is 4.57 Å². The average Bonchev–Trinajstić information content (AvgIpc) is 3.37. The van der Waals surface area contributed by atoms with Crippen molar-refractivity contribution in [1.82, 2.24) is 9.38 Å². The Balaban J connectivity index is 1.39. The van der Waals surface area contributed by atoms with Crippen LogP contribution in [0.4, 0.5) is 0 Å². The summed E-state index contributed by atoms with van der Waals surface area (Å²) in [5, 5.41) is 6.01. The van der Waals surface area contributed by atoms with Gasteiger partial charge in [-0.25, -0.2) is 4.98 Å². The predicted molar refractivity (Wildman–Crippen MR) is 174 cm³/mol. The van der Waals surface area contributed by atoms with Crippen LogP contribution in [0.3, 0.4) is 0 Å². The van der Waals surface area contributed by atoms with E-state index in [0.717, 1.165) is 55.0 Å². The first-order valence-electron chi connectivity index (χ1n) is 13.9. The SMILES string of the molecule is C/C=C\c1nc2c3ccccc3c3cc(-c4ccc(P(=O)(c5ccccc5)c5ccccc5)cc4)ccc3n2c1C. The van der Waals surface area contributed by atoms with E-state index in [1.807, 2.05) is 85.8 Å². The van der Waals surface area contributed by atoms with Crippen molar-refractivity contribution in [2.24, 2.45) is 0 Å². The third kappa shape index (κ3) is 4.05. The van der Waals surface area contributed by atoms with Crippen LogP contribution in [0, 0.1) is 6.92 Å². The third-order valence-electron chi connectivity index (χ3n) is 7.97. The van der Waals surface area contributed by atoms with Gasteiger partial charge in [-0.05, 0) is 48.6 Å². The molecule has 0 aliphatic heterocycles. The van der Waals surface area contributed by atoms with Gasteiger partial charge in [-0.15, -0.1) is 0 Å². The standard InChI is InChI=1S/C37H29N2OP/c1-3-12-35-26(2)39-36-24-21-28(25-34(36)32-17-10-11-18-33(32)37(39)38-35)27-19-22-31(23-20-27)41(40,29-13-6-4-7-14-29)30-15-8-5-9-16-30/h3-25H,1-2H3/b12-3-. The number of aryl methyl sites for hydroxylation is 1. The van der Waals surface area contributed by atoms with Crippen molar-refractivity contribution in [1.29, 1.82) is 0 Å². The van der Waals surface area contributed by atoms with Gasteiger partial charge in [0.1, 0.15) is 5.65 Å². The second kappa shape index (κ2) is 10.0. The van der Waals surface area contributed by atoms with Gasteiger partial charge < -0.3 is 4.57 Å². The molecule has 0 fully saturated rings. The quantitative estimate of drug-likeness (QED) is 0.160. The maximum Gasteiger partial charge on any atom is 0.171 e. The highest BCUT2D eigenvalue weighted by Gasteiger charge is 2.29. The van der Waals surface area contributed by atoms with Gasteiger partial charge in [-0.3, -0.25) is 4.40 Å². The number of benzene rings is 5. The number of hydrogen-bond donors (Lipinski definition) is 0. The zero-order valence-corrected chi connectivity index (χ0v) is 23.9. The lowest BCUT2D eigenvalue weighted by Gasteiger charge is -2.20. The van der Waals surface area contributed by atoms with Crippen molar-refractivity contribution < 1.29 is 4.57 Å². The van der Waals surface area contributed by atoms with Gasteiger partial charge >= 0.3 is 0 Å². The molecule has 7 aromatic rings. The molecule has 2 aromatic heterocycles. The van der Waals surface area contributed by atoms with E-state index in [1.54, 1.807) is 0 Å². The molecular formula is C37H29N2OP. The summed E-state index contributed by atoms with van der Waals surface area (Å²) in [7, 11) is -3.01. The molecule has 0 aliphatic carbocycles. The van der Waals surface area contributed by atoms with Gasteiger partial charge in [-0.2, -0.15) is 0 Å². The third-order valence-corrected chi connectivity index (χ3v) is 11.0. The molecular weight excluding hydrogens is 519 g/mol. The number of allylic oxidation sites excluding steroid dienone is 1. The first-order chi connectivity index (χ1) is 20.1. The molecule has 0 saturated carbocycles. The van der Waals surface area contributed by atoms with E-state index in [4.69, 9.17) is 4.98 Å². The predicted octanol–water partition coefficient (Wildman–Crippen LogP) is 8.29. The van der Waals surface area contributed by atoms with Gasteiger partial charge in [0.15, 0.2) is 7.14 Å². The molecule has 0 spiro atoms. The van der Waals surface area contributed by atoms with Crippen LogP contribution >= 0.6 is 7.14 Å². The summed E-state index contributed by atoms with van der Waals surface area (Å²) in [4.78, 5) is 4.99. The lowest BCUT2D eigenvalue weighted by atomic mass is 10.00. The molecule has 7 rings (SSSR count). The molecule has 198 valence electrons. The Kier molecular flexibility index (Phi) is 6.18. The van der Waals surface area contributed by atoms with E-state index in [1.165, 1.54) is 10.8 Å². The van der Waals surface area contributed by atoms with E-state index >= 15 is 0 Å². The van der Waals surface area contributed by atoms with Crippen molar-refractivity contribution in [2.75, 3.05) is 0 Å². The average molecular weight is 549 g/mol. The number of fused-ring (bicyclic) bond motifs is 6. The smallest absolute Gasteiger partial charge is 0.171 e. The Morgan fingerprint density at radius 3 is 1.83 bits per heavy atom. The van der Waals surface area contributed by atoms with Gasteiger partial charge in [0, 0.05) is 32.4 Å². The Bertz CT molecular complexity index is 2080. The van der Waals surface area contributed by atoms with Crippen molar-refractivity contribution >= 4 is 56.5 Å². The first kappa shape index (κ1) is 25.3. The molecule has 3 nitrogen and oxygen atoms in total. The van der Waals surface area contributed by atoms with Gasteiger partial charge in [0.05, 0.1) is 11.2 Å². The fourth-order valence-corrected chi connectivity index (χ4v) is 8.58. The zero-order valence-electron chi connectivity index (χ0n) is 23.0.